The molecule has 0 radical (unpaired) electrons. The summed E-state index contributed by atoms with van der Waals surface area (Å²) >= 11 is 0. The van der Waals surface area contributed by atoms with Gasteiger partial charge in [0.25, 0.3) is 0 Å². The van der Waals surface area contributed by atoms with E-state index in [4.69, 9.17) is 10.00 Å². The van der Waals surface area contributed by atoms with Crippen molar-refractivity contribution < 1.29 is 9.53 Å². The Labute approximate surface area is 98.2 Å². The number of carbonyl (C=O) groups is 1. The number of amides is 1. The Balaban J connectivity index is 3.39. The fourth-order valence-corrected chi connectivity index (χ4v) is 1.25. The van der Waals surface area contributed by atoms with E-state index >= 15 is 0 Å². The molecule has 0 spiro atoms. The van der Waals surface area contributed by atoms with Gasteiger partial charge in [-0.2, -0.15) is 5.26 Å². The minimum Gasteiger partial charge on any atom is -0.381 e. The molecular formula is C12H22N2O2. The van der Waals surface area contributed by atoms with Crippen LogP contribution in [-0.2, 0) is 9.53 Å². The van der Waals surface area contributed by atoms with Crippen LogP contribution >= 0.6 is 0 Å². The zero-order valence-corrected chi connectivity index (χ0v) is 10.4. The van der Waals surface area contributed by atoms with Crippen LogP contribution in [-0.4, -0.2) is 37.6 Å². The molecule has 0 bridgehead atoms. The van der Waals surface area contributed by atoms with Crippen LogP contribution in [0.25, 0.3) is 0 Å². The molecule has 0 saturated heterocycles. The first-order valence-corrected chi connectivity index (χ1v) is 5.91. The molecule has 0 unspecified atom stereocenters. The van der Waals surface area contributed by atoms with Crippen molar-refractivity contribution >= 4 is 5.91 Å². The van der Waals surface area contributed by atoms with Gasteiger partial charge in [0, 0.05) is 20.2 Å². The molecule has 0 heterocycles. The van der Waals surface area contributed by atoms with Crippen molar-refractivity contribution in [1.29, 1.82) is 5.26 Å². The van der Waals surface area contributed by atoms with Crippen molar-refractivity contribution in [3.63, 3.8) is 0 Å². The van der Waals surface area contributed by atoms with E-state index in [-0.39, 0.29) is 5.91 Å². The lowest BCUT2D eigenvalue weighted by Crippen LogP contribution is -2.28. The number of hydrogen-bond acceptors (Lipinski definition) is 3. The van der Waals surface area contributed by atoms with E-state index in [0.717, 1.165) is 13.0 Å². The summed E-state index contributed by atoms with van der Waals surface area (Å²) < 4.78 is 5.35. The summed E-state index contributed by atoms with van der Waals surface area (Å²) in [5, 5.41) is 8.38. The molecule has 0 rings (SSSR count). The molecule has 0 aliphatic heterocycles. The van der Waals surface area contributed by atoms with Gasteiger partial charge < -0.3 is 9.64 Å². The molecule has 0 aromatic carbocycles. The Kier molecular flexibility index (Phi) is 9.73. The molecule has 4 nitrogen and oxygen atoms in total. The number of nitriles is 1. The molecule has 1 amide bonds. The summed E-state index contributed by atoms with van der Waals surface area (Å²) in [4.78, 5) is 13.1. The summed E-state index contributed by atoms with van der Waals surface area (Å²) in [5.74, 6) is 0.0470. The molecule has 0 N–H and O–H groups in total. The number of hydrogen-bond donors (Lipinski definition) is 0. The van der Waals surface area contributed by atoms with Crippen molar-refractivity contribution in [2.24, 2.45) is 0 Å². The van der Waals surface area contributed by atoms with Crippen molar-refractivity contribution in [1.82, 2.24) is 4.90 Å². The molecule has 0 saturated carbocycles. The molecule has 0 fully saturated rings. The van der Waals surface area contributed by atoms with Gasteiger partial charge in [-0.25, -0.2) is 0 Å². The van der Waals surface area contributed by atoms with E-state index in [0.29, 0.717) is 26.0 Å². The van der Waals surface area contributed by atoms with Crippen LogP contribution in [0.3, 0.4) is 0 Å². The highest BCUT2D eigenvalue weighted by Crippen LogP contribution is 1.97. The Hall–Kier alpha value is -1.08. The minimum atomic E-state index is 0.0470. The van der Waals surface area contributed by atoms with Crippen LogP contribution in [0.2, 0.25) is 0 Å². The summed E-state index contributed by atoms with van der Waals surface area (Å²) in [6, 6.07) is 2.02. The molecule has 16 heavy (non-hydrogen) atoms. The lowest BCUT2D eigenvalue weighted by atomic mass is 10.3. The Morgan fingerprint density at radius 3 is 2.75 bits per heavy atom. The van der Waals surface area contributed by atoms with Gasteiger partial charge in [0.05, 0.1) is 25.5 Å². The van der Waals surface area contributed by atoms with Crippen LogP contribution in [0.15, 0.2) is 0 Å². The van der Waals surface area contributed by atoms with E-state index in [2.05, 4.69) is 6.92 Å². The Bertz CT molecular complexity index is 224. The van der Waals surface area contributed by atoms with Crippen molar-refractivity contribution in [3.8, 4) is 6.07 Å². The molecule has 4 heteroatoms. The fourth-order valence-electron chi connectivity index (χ4n) is 1.25. The molecule has 92 valence electrons. The molecule has 0 aliphatic rings. The van der Waals surface area contributed by atoms with Gasteiger partial charge in [-0.15, -0.1) is 0 Å². The second-order valence-corrected chi connectivity index (χ2v) is 3.79. The number of ether oxygens (including phenoxy) is 1. The lowest BCUT2D eigenvalue weighted by molar-refractivity contribution is -0.130. The smallest absolute Gasteiger partial charge is 0.224 e. The third kappa shape index (κ3) is 8.25. The summed E-state index contributed by atoms with van der Waals surface area (Å²) in [6.07, 6.45) is 4.22. The van der Waals surface area contributed by atoms with Crippen LogP contribution < -0.4 is 0 Å². The van der Waals surface area contributed by atoms with Gasteiger partial charge in [-0.3, -0.25) is 4.79 Å². The third-order valence-electron chi connectivity index (χ3n) is 2.34. The topological polar surface area (TPSA) is 53.3 Å². The van der Waals surface area contributed by atoms with Crippen molar-refractivity contribution in [2.75, 3.05) is 26.8 Å². The first kappa shape index (κ1) is 14.9. The fraction of sp³-hybridized carbons (Fsp3) is 0.833. The molecule has 0 aliphatic carbocycles. The maximum Gasteiger partial charge on any atom is 0.224 e. The highest BCUT2D eigenvalue weighted by atomic mass is 16.5. The first-order chi connectivity index (χ1) is 7.72. The van der Waals surface area contributed by atoms with Gasteiger partial charge in [0.2, 0.25) is 5.91 Å². The van der Waals surface area contributed by atoms with Crippen LogP contribution in [0.4, 0.5) is 0 Å². The highest BCUT2D eigenvalue weighted by Gasteiger charge is 2.07. The van der Waals surface area contributed by atoms with Gasteiger partial charge >= 0.3 is 0 Å². The van der Waals surface area contributed by atoms with Crippen LogP contribution in [0.1, 0.15) is 39.0 Å². The molecule has 0 aromatic rings. The zero-order valence-electron chi connectivity index (χ0n) is 10.4. The molecule has 0 atom stereocenters. The lowest BCUT2D eigenvalue weighted by Gasteiger charge is -2.15. The maximum atomic E-state index is 11.5. The standard InChI is InChI=1S/C12H22N2O2/c1-3-4-5-10-16-11-7-12(15)14(2)9-6-8-13/h3-7,9-11H2,1-2H3. The SMILES string of the molecule is CCCCCOCCC(=O)N(C)CCC#N. The van der Waals surface area contributed by atoms with E-state index in [1.807, 2.05) is 6.07 Å². The van der Waals surface area contributed by atoms with Gasteiger partial charge in [-0.05, 0) is 6.42 Å². The largest absolute Gasteiger partial charge is 0.381 e. The number of carbonyl (C=O) groups excluding carboxylic acids is 1. The second kappa shape index (κ2) is 10.4. The normalized spacial score (nSPS) is 9.81. The Morgan fingerprint density at radius 1 is 1.38 bits per heavy atom. The van der Waals surface area contributed by atoms with Crippen LogP contribution in [0, 0.1) is 11.3 Å². The number of unbranched alkanes of at least 4 members (excludes halogenated alkanes) is 2. The zero-order chi connectivity index (χ0) is 12.2. The highest BCUT2D eigenvalue weighted by molar-refractivity contribution is 5.75. The van der Waals surface area contributed by atoms with Crippen LogP contribution in [0.5, 0.6) is 0 Å². The van der Waals surface area contributed by atoms with Crippen molar-refractivity contribution in [2.45, 2.75) is 39.0 Å². The second-order valence-electron chi connectivity index (χ2n) is 3.79. The minimum absolute atomic E-state index is 0.0470. The molecule has 0 aromatic heterocycles. The summed E-state index contributed by atoms with van der Waals surface area (Å²) in [5.41, 5.74) is 0. The van der Waals surface area contributed by atoms with E-state index in [9.17, 15) is 4.79 Å². The van der Waals surface area contributed by atoms with E-state index < -0.39 is 0 Å². The first-order valence-electron chi connectivity index (χ1n) is 5.91. The Morgan fingerprint density at radius 2 is 2.12 bits per heavy atom. The monoisotopic (exact) mass is 226 g/mol. The van der Waals surface area contributed by atoms with Gasteiger partial charge in [0.15, 0.2) is 0 Å². The quantitative estimate of drug-likeness (QED) is 0.565. The van der Waals surface area contributed by atoms with Gasteiger partial charge in [0.1, 0.15) is 0 Å². The average Bonchev–Trinajstić information content (AvgIpc) is 2.30. The number of nitrogens with zero attached hydrogens (tertiary/aromatic N) is 2. The van der Waals surface area contributed by atoms with E-state index in [1.54, 1.807) is 11.9 Å². The van der Waals surface area contributed by atoms with Gasteiger partial charge in [-0.1, -0.05) is 19.8 Å². The summed E-state index contributed by atoms with van der Waals surface area (Å²) in [6.45, 7) is 3.88. The predicted octanol–water partition coefficient (Wildman–Crippen LogP) is 1.96. The van der Waals surface area contributed by atoms with E-state index in [1.165, 1.54) is 12.8 Å². The third-order valence-corrected chi connectivity index (χ3v) is 2.34. The number of rotatable bonds is 9. The molecular weight excluding hydrogens is 204 g/mol. The summed E-state index contributed by atoms with van der Waals surface area (Å²) in [7, 11) is 1.72. The van der Waals surface area contributed by atoms with Crippen molar-refractivity contribution in [3.05, 3.63) is 0 Å². The maximum absolute atomic E-state index is 11.5. The predicted molar refractivity (Wildman–Crippen MR) is 62.8 cm³/mol. The average molecular weight is 226 g/mol.